The molecule has 1 aliphatic heterocycles. The molecular weight excluding hydrogens is 604 g/mol. The second kappa shape index (κ2) is 16.9. The van der Waals surface area contributed by atoms with Gasteiger partial charge in [0.05, 0.1) is 18.5 Å². The first-order valence-electron chi connectivity index (χ1n) is 16.4. The average molecular weight is 647 g/mol. The van der Waals surface area contributed by atoms with Gasteiger partial charge in [-0.15, -0.1) is 0 Å². The van der Waals surface area contributed by atoms with Crippen molar-refractivity contribution in [3.8, 4) is 5.75 Å². The summed E-state index contributed by atoms with van der Waals surface area (Å²) in [6.45, 7) is 2.99. The lowest BCUT2D eigenvalue weighted by Gasteiger charge is -2.28. The Morgan fingerprint density at radius 2 is 1.44 bits per heavy atom. The van der Waals surface area contributed by atoms with Crippen molar-refractivity contribution in [1.29, 1.82) is 0 Å². The Labute approximate surface area is 281 Å². The number of likely N-dealkylation sites (N-methyl/N-ethyl adjacent to an activating group) is 1. The lowest BCUT2D eigenvalue weighted by molar-refractivity contribution is -0.137. The summed E-state index contributed by atoms with van der Waals surface area (Å²) in [5, 5.41) is 8.59. The number of amides is 4. The molecule has 4 aromatic carbocycles. The molecule has 248 valence electrons. The van der Waals surface area contributed by atoms with Crippen LogP contribution in [-0.4, -0.2) is 66.9 Å². The summed E-state index contributed by atoms with van der Waals surface area (Å²) in [4.78, 5) is 56.2. The van der Waals surface area contributed by atoms with Crippen molar-refractivity contribution >= 4 is 23.6 Å². The molecule has 3 N–H and O–H groups in total. The molecule has 2 atom stereocenters. The van der Waals surface area contributed by atoms with E-state index < -0.39 is 29.8 Å². The van der Waals surface area contributed by atoms with Crippen molar-refractivity contribution < 1.29 is 23.9 Å². The molecule has 0 aromatic heterocycles. The SMILES string of the molecule is CCN1CCOc2ccccc2C(=O)N[C@H](C(=O)NCCC(c2ccccc2)c2ccccc2)CC(=O)N[C@@H](Cc2ccccc2)C1=O. The Morgan fingerprint density at radius 1 is 0.833 bits per heavy atom. The first kappa shape index (κ1) is 33.9. The summed E-state index contributed by atoms with van der Waals surface area (Å²) in [5.41, 5.74) is 3.36. The minimum absolute atomic E-state index is 0.0323. The molecule has 0 aliphatic carbocycles. The summed E-state index contributed by atoms with van der Waals surface area (Å²) < 4.78 is 5.99. The van der Waals surface area contributed by atoms with Crippen molar-refractivity contribution in [2.75, 3.05) is 26.2 Å². The maximum absolute atomic E-state index is 13.8. The lowest BCUT2D eigenvalue weighted by atomic mass is 9.88. The van der Waals surface area contributed by atoms with Crippen molar-refractivity contribution in [2.24, 2.45) is 0 Å². The number of para-hydroxylation sites is 1. The molecule has 1 heterocycles. The van der Waals surface area contributed by atoms with Crippen LogP contribution < -0.4 is 20.7 Å². The maximum Gasteiger partial charge on any atom is 0.255 e. The maximum atomic E-state index is 13.8. The van der Waals surface area contributed by atoms with E-state index in [1.807, 2.05) is 73.7 Å². The summed E-state index contributed by atoms with van der Waals surface area (Å²) >= 11 is 0. The third-order valence-electron chi connectivity index (χ3n) is 8.51. The smallest absolute Gasteiger partial charge is 0.255 e. The minimum Gasteiger partial charge on any atom is -0.491 e. The monoisotopic (exact) mass is 646 g/mol. The van der Waals surface area contributed by atoms with Crippen molar-refractivity contribution in [3.63, 3.8) is 0 Å². The standard InChI is InChI=1S/C39H42N4O5/c1-2-43-24-25-48-35-21-13-12-20-32(35)37(45)42-33(27-36(44)41-34(39(43)47)26-28-14-6-3-7-15-28)38(46)40-23-22-31(29-16-8-4-9-17-29)30-18-10-5-11-19-30/h3-21,31,33-34H,2,22-27H2,1H3,(H,40,46)(H,41,44)(H,42,45)/t33-,34-/m0/s1. The molecule has 0 saturated carbocycles. The largest absolute Gasteiger partial charge is 0.491 e. The van der Waals surface area contributed by atoms with Crippen LogP contribution in [0.4, 0.5) is 0 Å². The van der Waals surface area contributed by atoms with E-state index in [2.05, 4.69) is 40.2 Å². The summed E-state index contributed by atoms with van der Waals surface area (Å²) in [6.07, 6.45) is 0.519. The van der Waals surface area contributed by atoms with Gasteiger partial charge < -0.3 is 25.6 Å². The molecule has 5 rings (SSSR count). The van der Waals surface area contributed by atoms with Gasteiger partial charge in [-0.3, -0.25) is 19.2 Å². The number of rotatable bonds is 9. The molecule has 9 heteroatoms. The van der Waals surface area contributed by atoms with Crippen LogP contribution in [0, 0.1) is 0 Å². The van der Waals surface area contributed by atoms with E-state index >= 15 is 0 Å². The van der Waals surface area contributed by atoms with Gasteiger partial charge in [0.2, 0.25) is 17.7 Å². The number of carbonyl (C=O) groups is 4. The molecule has 9 nitrogen and oxygen atoms in total. The van der Waals surface area contributed by atoms with Crippen LogP contribution in [0.3, 0.4) is 0 Å². The highest BCUT2D eigenvalue weighted by Crippen LogP contribution is 2.27. The number of nitrogens with one attached hydrogen (secondary N) is 3. The molecule has 0 saturated heterocycles. The molecule has 48 heavy (non-hydrogen) atoms. The highest BCUT2D eigenvalue weighted by atomic mass is 16.5. The number of nitrogens with zero attached hydrogens (tertiary/aromatic N) is 1. The van der Waals surface area contributed by atoms with Crippen LogP contribution in [-0.2, 0) is 20.8 Å². The Balaban J connectivity index is 1.37. The fraction of sp³-hybridized carbons (Fsp3) is 0.282. The third-order valence-corrected chi connectivity index (χ3v) is 8.51. The topological polar surface area (TPSA) is 117 Å². The number of hydrogen-bond donors (Lipinski definition) is 3. The zero-order valence-electron chi connectivity index (χ0n) is 27.1. The summed E-state index contributed by atoms with van der Waals surface area (Å²) in [5.74, 6) is -1.44. The number of carbonyl (C=O) groups excluding carboxylic acids is 4. The molecule has 0 fully saturated rings. The van der Waals surface area contributed by atoms with Gasteiger partial charge in [0.25, 0.3) is 5.91 Å². The van der Waals surface area contributed by atoms with Crippen LogP contribution in [0.15, 0.2) is 115 Å². The van der Waals surface area contributed by atoms with Gasteiger partial charge in [0.1, 0.15) is 24.4 Å². The predicted molar refractivity (Wildman–Crippen MR) is 184 cm³/mol. The Morgan fingerprint density at radius 3 is 2.08 bits per heavy atom. The summed E-state index contributed by atoms with van der Waals surface area (Å²) in [6, 6.07) is 34.3. The fourth-order valence-corrected chi connectivity index (χ4v) is 5.98. The zero-order chi connectivity index (χ0) is 33.7. The Kier molecular flexibility index (Phi) is 12.0. The van der Waals surface area contributed by atoms with E-state index in [-0.39, 0.29) is 43.4 Å². The third kappa shape index (κ3) is 9.09. The van der Waals surface area contributed by atoms with E-state index in [0.717, 1.165) is 16.7 Å². The van der Waals surface area contributed by atoms with Crippen molar-refractivity contribution in [2.45, 2.75) is 44.2 Å². The number of ether oxygens (including phenoxy) is 1. The second-order valence-corrected chi connectivity index (χ2v) is 11.8. The number of benzene rings is 4. The second-order valence-electron chi connectivity index (χ2n) is 11.8. The predicted octanol–water partition coefficient (Wildman–Crippen LogP) is 4.48. The van der Waals surface area contributed by atoms with Gasteiger partial charge in [0, 0.05) is 25.4 Å². The number of fused-ring (bicyclic) bond motifs is 1. The van der Waals surface area contributed by atoms with Gasteiger partial charge in [-0.2, -0.15) is 0 Å². The zero-order valence-corrected chi connectivity index (χ0v) is 27.1. The molecule has 0 radical (unpaired) electrons. The number of hydrogen-bond acceptors (Lipinski definition) is 5. The van der Waals surface area contributed by atoms with E-state index in [1.54, 1.807) is 29.2 Å². The Bertz CT molecular complexity index is 1630. The van der Waals surface area contributed by atoms with Crippen molar-refractivity contribution in [3.05, 3.63) is 138 Å². The van der Waals surface area contributed by atoms with Crippen LogP contribution in [0.1, 0.15) is 52.7 Å². The minimum atomic E-state index is -1.20. The molecular formula is C39H42N4O5. The molecule has 0 unspecified atom stereocenters. The van der Waals surface area contributed by atoms with E-state index in [4.69, 9.17) is 4.74 Å². The highest BCUT2D eigenvalue weighted by Gasteiger charge is 2.30. The quantitative estimate of drug-likeness (QED) is 0.248. The van der Waals surface area contributed by atoms with E-state index in [0.29, 0.717) is 25.3 Å². The molecule has 4 aromatic rings. The highest BCUT2D eigenvalue weighted by molar-refractivity contribution is 6.01. The van der Waals surface area contributed by atoms with Crippen LogP contribution in [0.25, 0.3) is 0 Å². The lowest BCUT2D eigenvalue weighted by Crippen LogP contribution is -2.54. The van der Waals surface area contributed by atoms with Crippen LogP contribution in [0.5, 0.6) is 5.75 Å². The van der Waals surface area contributed by atoms with Gasteiger partial charge in [-0.05, 0) is 42.2 Å². The molecule has 0 bridgehead atoms. The van der Waals surface area contributed by atoms with Crippen LogP contribution >= 0.6 is 0 Å². The Hall–Kier alpha value is -5.44. The first-order chi connectivity index (χ1) is 23.4. The summed E-state index contributed by atoms with van der Waals surface area (Å²) in [7, 11) is 0. The van der Waals surface area contributed by atoms with Gasteiger partial charge >= 0.3 is 0 Å². The normalized spacial score (nSPS) is 17.4. The fourth-order valence-electron chi connectivity index (χ4n) is 5.98. The first-order valence-corrected chi connectivity index (χ1v) is 16.4. The van der Waals surface area contributed by atoms with Gasteiger partial charge in [-0.1, -0.05) is 103 Å². The molecule has 4 amide bonds. The van der Waals surface area contributed by atoms with Crippen LogP contribution in [0.2, 0.25) is 0 Å². The van der Waals surface area contributed by atoms with E-state index in [1.165, 1.54) is 0 Å². The van der Waals surface area contributed by atoms with Gasteiger partial charge in [-0.25, -0.2) is 0 Å². The van der Waals surface area contributed by atoms with Gasteiger partial charge in [0.15, 0.2) is 0 Å². The van der Waals surface area contributed by atoms with E-state index in [9.17, 15) is 19.2 Å². The molecule has 1 aliphatic rings. The molecule has 0 spiro atoms. The van der Waals surface area contributed by atoms with Crippen molar-refractivity contribution in [1.82, 2.24) is 20.9 Å². The average Bonchev–Trinajstić information content (AvgIpc) is 3.12.